The van der Waals surface area contributed by atoms with Crippen LogP contribution in [0.1, 0.15) is 32.6 Å². The Hall–Kier alpha value is -0.550. The molecule has 1 fully saturated rings. The first kappa shape index (κ1) is 13.9. The molecule has 1 saturated carbocycles. The van der Waals surface area contributed by atoms with Crippen molar-refractivity contribution in [1.82, 2.24) is 0 Å². The molecule has 2 N–H and O–H groups in total. The fraction of sp³-hybridized carbons (Fsp3) is 0.538. The van der Waals surface area contributed by atoms with Gasteiger partial charge in [-0.1, -0.05) is 35.7 Å². The van der Waals surface area contributed by atoms with E-state index in [0.29, 0.717) is 11.6 Å². The van der Waals surface area contributed by atoms with Gasteiger partial charge in [-0.3, -0.25) is 0 Å². The zero-order valence-corrected chi connectivity index (χ0v) is 12.8. The van der Waals surface area contributed by atoms with Crippen LogP contribution in [-0.2, 0) is 9.84 Å². The summed E-state index contributed by atoms with van der Waals surface area (Å²) in [6, 6.07) is 5.02. The van der Waals surface area contributed by atoms with Crippen LogP contribution in [0, 0.1) is 5.92 Å². The van der Waals surface area contributed by atoms with Gasteiger partial charge in [-0.15, -0.1) is 0 Å². The van der Waals surface area contributed by atoms with Crippen LogP contribution in [0.5, 0.6) is 0 Å². The van der Waals surface area contributed by atoms with E-state index in [1.165, 1.54) is 0 Å². The Morgan fingerprint density at radius 2 is 2.06 bits per heavy atom. The number of sulfone groups is 1. The second kappa shape index (κ2) is 5.21. The maximum Gasteiger partial charge on any atom is 0.183 e. The average molecular weight is 332 g/mol. The first-order valence-corrected chi connectivity index (χ1v) is 8.54. The number of hydrogen-bond donors (Lipinski definition) is 1. The van der Waals surface area contributed by atoms with Crippen molar-refractivity contribution in [3.8, 4) is 0 Å². The SMILES string of the molecule is CC1CCCC(S(=O)(=O)c2cc(Br)ccc2N)C1. The largest absolute Gasteiger partial charge is 0.398 e. The minimum Gasteiger partial charge on any atom is -0.398 e. The van der Waals surface area contributed by atoms with E-state index in [4.69, 9.17) is 5.73 Å². The minimum absolute atomic E-state index is 0.274. The molecular weight excluding hydrogens is 314 g/mol. The Kier molecular flexibility index (Phi) is 4.02. The van der Waals surface area contributed by atoms with Crippen molar-refractivity contribution in [3.63, 3.8) is 0 Å². The second-order valence-corrected chi connectivity index (χ2v) is 8.23. The molecule has 2 atom stereocenters. The van der Waals surface area contributed by atoms with Gasteiger partial charge in [0.25, 0.3) is 0 Å². The Labute approximate surface area is 117 Å². The highest BCUT2D eigenvalue weighted by Crippen LogP contribution is 2.34. The van der Waals surface area contributed by atoms with Crippen LogP contribution < -0.4 is 5.73 Å². The fourth-order valence-electron chi connectivity index (χ4n) is 2.59. The Morgan fingerprint density at radius 1 is 1.33 bits per heavy atom. The predicted octanol–water partition coefficient (Wildman–Crippen LogP) is 3.38. The van der Waals surface area contributed by atoms with Gasteiger partial charge in [-0.2, -0.15) is 0 Å². The van der Waals surface area contributed by atoms with Crippen LogP contribution in [0.2, 0.25) is 0 Å². The molecule has 18 heavy (non-hydrogen) atoms. The molecule has 1 aromatic carbocycles. The molecule has 0 saturated heterocycles. The van der Waals surface area contributed by atoms with Gasteiger partial charge < -0.3 is 5.73 Å². The summed E-state index contributed by atoms with van der Waals surface area (Å²) in [5, 5.41) is -0.280. The molecule has 2 rings (SSSR count). The lowest BCUT2D eigenvalue weighted by Gasteiger charge is -2.27. The van der Waals surface area contributed by atoms with Crippen molar-refractivity contribution in [2.75, 3.05) is 5.73 Å². The van der Waals surface area contributed by atoms with Crippen molar-refractivity contribution in [2.45, 2.75) is 42.8 Å². The third-order valence-corrected chi connectivity index (χ3v) is 6.37. The molecule has 1 aliphatic rings. The molecule has 3 nitrogen and oxygen atoms in total. The van der Waals surface area contributed by atoms with Crippen molar-refractivity contribution >= 4 is 31.5 Å². The fourth-order valence-corrected chi connectivity index (χ4v) is 5.21. The molecule has 1 aromatic rings. The van der Waals surface area contributed by atoms with Crippen molar-refractivity contribution < 1.29 is 8.42 Å². The van der Waals surface area contributed by atoms with E-state index in [2.05, 4.69) is 22.9 Å². The number of rotatable bonds is 2. The standard InChI is InChI=1S/C13H18BrNO2S/c1-9-3-2-4-11(7-9)18(16,17)13-8-10(14)5-6-12(13)15/h5-6,8-9,11H,2-4,7,15H2,1H3. The highest BCUT2D eigenvalue weighted by molar-refractivity contribution is 9.10. The Bertz CT molecular complexity index is 542. The lowest BCUT2D eigenvalue weighted by molar-refractivity contribution is 0.382. The van der Waals surface area contributed by atoms with E-state index < -0.39 is 9.84 Å². The van der Waals surface area contributed by atoms with Gasteiger partial charge in [0.1, 0.15) is 0 Å². The maximum absolute atomic E-state index is 12.6. The van der Waals surface area contributed by atoms with Gasteiger partial charge in [-0.05, 0) is 37.0 Å². The van der Waals surface area contributed by atoms with Crippen LogP contribution in [0.4, 0.5) is 5.69 Å². The van der Waals surface area contributed by atoms with E-state index in [1.54, 1.807) is 18.2 Å². The molecule has 0 aliphatic heterocycles. The second-order valence-electron chi connectivity index (χ2n) is 5.12. The molecule has 2 unspecified atom stereocenters. The number of hydrogen-bond acceptors (Lipinski definition) is 3. The molecule has 1 aliphatic carbocycles. The highest BCUT2D eigenvalue weighted by atomic mass is 79.9. The number of nitrogens with two attached hydrogens (primary N) is 1. The number of anilines is 1. The van der Waals surface area contributed by atoms with Gasteiger partial charge in [0.05, 0.1) is 15.8 Å². The van der Waals surface area contributed by atoms with E-state index >= 15 is 0 Å². The summed E-state index contributed by atoms with van der Waals surface area (Å²) in [5.41, 5.74) is 6.16. The molecular formula is C13H18BrNO2S. The van der Waals surface area contributed by atoms with E-state index in [0.717, 1.165) is 30.2 Å². The molecule has 5 heteroatoms. The average Bonchev–Trinajstić information content (AvgIpc) is 2.32. The van der Waals surface area contributed by atoms with Crippen LogP contribution in [0.25, 0.3) is 0 Å². The lowest BCUT2D eigenvalue weighted by Crippen LogP contribution is -2.28. The monoisotopic (exact) mass is 331 g/mol. The zero-order chi connectivity index (χ0) is 13.3. The number of nitrogen functional groups attached to an aromatic ring is 1. The summed E-state index contributed by atoms with van der Waals surface area (Å²) in [7, 11) is -3.30. The van der Waals surface area contributed by atoms with Crippen molar-refractivity contribution in [2.24, 2.45) is 5.92 Å². The normalized spacial score (nSPS) is 25.0. The van der Waals surface area contributed by atoms with Crippen LogP contribution in [-0.4, -0.2) is 13.7 Å². The summed E-state index contributed by atoms with van der Waals surface area (Å²) >= 11 is 3.30. The van der Waals surface area contributed by atoms with Gasteiger partial charge in [0, 0.05) is 4.47 Å². The number of benzene rings is 1. The molecule has 0 bridgehead atoms. The summed E-state index contributed by atoms with van der Waals surface area (Å²) in [6.07, 6.45) is 3.60. The Morgan fingerprint density at radius 3 is 2.72 bits per heavy atom. The Balaban J connectivity index is 2.38. The molecule has 100 valence electrons. The molecule has 0 radical (unpaired) electrons. The first-order valence-electron chi connectivity index (χ1n) is 6.20. The highest BCUT2D eigenvalue weighted by Gasteiger charge is 2.32. The molecule has 0 spiro atoms. The third-order valence-electron chi connectivity index (χ3n) is 3.61. The van der Waals surface area contributed by atoms with Crippen LogP contribution >= 0.6 is 15.9 Å². The van der Waals surface area contributed by atoms with E-state index in [-0.39, 0.29) is 10.1 Å². The molecule has 0 amide bonds. The summed E-state index contributed by atoms with van der Waals surface area (Å²) in [4.78, 5) is 0.274. The predicted molar refractivity (Wildman–Crippen MR) is 77.2 cm³/mol. The summed E-state index contributed by atoms with van der Waals surface area (Å²) in [5.74, 6) is 0.479. The van der Waals surface area contributed by atoms with Crippen molar-refractivity contribution in [3.05, 3.63) is 22.7 Å². The van der Waals surface area contributed by atoms with Crippen LogP contribution in [0.3, 0.4) is 0 Å². The third kappa shape index (κ3) is 2.72. The van der Waals surface area contributed by atoms with Gasteiger partial charge >= 0.3 is 0 Å². The van der Waals surface area contributed by atoms with Crippen LogP contribution in [0.15, 0.2) is 27.6 Å². The summed E-state index contributed by atoms with van der Waals surface area (Å²) in [6.45, 7) is 2.12. The number of halogens is 1. The van der Waals surface area contributed by atoms with Gasteiger partial charge in [-0.25, -0.2) is 8.42 Å². The zero-order valence-electron chi connectivity index (χ0n) is 10.4. The topological polar surface area (TPSA) is 60.2 Å². The quantitative estimate of drug-likeness (QED) is 0.845. The molecule has 0 aromatic heterocycles. The van der Waals surface area contributed by atoms with Gasteiger partial charge in [0.2, 0.25) is 0 Å². The van der Waals surface area contributed by atoms with Crippen molar-refractivity contribution in [1.29, 1.82) is 0 Å². The first-order chi connectivity index (χ1) is 8.41. The lowest BCUT2D eigenvalue weighted by atomic mass is 9.91. The van der Waals surface area contributed by atoms with Gasteiger partial charge in [0.15, 0.2) is 9.84 Å². The van der Waals surface area contributed by atoms with E-state index in [1.807, 2.05) is 0 Å². The maximum atomic E-state index is 12.6. The smallest absolute Gasteiger partial charge is 0.183 e. The minimum atomic E-state index is -3.30. The molecule has 0 heterocycles. The summed E-state index contributed by atoms with van der Waals surface area (Å²) < 4.78 is 26.0. The van der Waals surface area contributed by atoms with E-state index in [9.17, 15) is 8.42 Å².